The number of aromatic nitrogens is 1. The Hall–Kier alpha value is -1.60. The number of rotatable bonds is 3. The summed E-state index contributed by atoms with van der Waals surface area (Å²) < 4.78 is 39.7. The van der Waals surface area contributed by atoms with Crippen LogP contribution < -0.4 is 5.32 Å². The van der Waals surface area contributed by atoms with E-state index in [0.29, 0.717) is 29.7 Å². The second-order valence-corrected chi connectivity index (χ2v) is 7.67. The summed E-state index contributed by atoms with van der Waals surface area (Å²) in [6.07, 6.45) is 1.11. The van der Waals surface area contributed by atoms with Crippen molar-refractivity contribution in [2.45, 2.75) is 18.4 Å². The van der Waals surface area contributed by atoms with Crippen LogP contribution in [0.15, 0.2) is 22.0 Å². The van der Waals surface area contributed by atoms with Crippen molar-refractivity contribution in [3.8, 4) is 0 Å². The van der Waals surface area contributed by atoms with E-state index in [9.17, 15) is 12.8 Å². The van der Waals surface area contributed by atoms with Crippen molar-refractivity contribution in [3.05, 3.63) is 28.7 Å². The van der Waals surface area contributed by atoms with Crippen LogP contribution in [-0.2, 0) is 16.4 Å². The van der Waals surface area contributed by atoms with E-state index in [4.69, 9.17) is 11.6 Å². The monoisotopic (exact) mass is 343 g/mol. The Kier molecular flexibility index (Phi) is 3.65. The molecule has 1 aliphatic heterocycles. The van der Waals surface area contributed by atoms with E-state index in [1.54, 1.807) is 11.5 Å². The molecule has 2 heterocycles. The molecular weight excluding hydrogens is 329 g/mol. The SMILES string of the molecule is Cc1c(S(C)(=O)=O)c2cc(F)cc(Cl)c2n1CC1=NCCN1. The fourth-order valence-electron chi connectivity index (χ4n) is 2.87. The van der Waals surface area contributed by atoms with Gasteiger partial charge >= 0.3 is 0 Å². The highest BCUT2D eigenvalue weighted by molar-refractivity contribution is 7.91. The molecule has 0 atom stereocenters. The van der Waals surface area contributed by atoms with Gasteiger partial charge in [-0.15, -0.1) is 0 Å². The highest BCUT2D eigenvalue weighted by atomic mass is 35.5. The van der Waals surface area contributed by atoms with Crippen molar-refractivity contribution in [2.75, 3.05) is 19.3 Å². The predicted octanol–water partition coefficient (Wildman–Crippen LogP) is 2.15. The summed E-state index contributed by atoms with van der Waals surface area (Å²) in [5, 5.41) is 3.63. The second-order valence-electron chi connectivity index (χ2n) is 5.31. The summed E-state index contributed by atoms with van der Waals surface area (Å²) in [4.78, 5) is 4.43. The van der Waals surface area contributed by atoms with Gasteiger partial charge in [-0.2, -0.15) is 0 Å². The van der Waals surface area contributed by atoms with Gasteiger partial charge in [0.1, 0.15) is 11.7 Å². The lowest BCUT2D eigenvalue weighted by atomic mass is 10.2. The Morgan fingerprint density at radius 2 is 2.18 bits per heavy atom. The standard InChI is InChI=1S/C14H15ClFN3O2S/c1-8-14(22(2,20)21)10-5-9(16)6-11(15)13(10)19(8)7-12-17-3-4-18-12/h5-6H,3-4,7H2,1-2H3,(H,17,18). The minimum Gasteiger partial charge on any atom is -0.370 e. The summed E-state index contributed by atoms with van der Waals surface area (Å²) in [6, 6.07) is 2.40. The molecule has 0 aliphatic carbocycles. The van der Waals surface area contributed by atoms with Crippen LogP contribution in [0.1, 0.15) is 5.69 Å². The van der Waals surface area contributed by atoms with Crippen molar-refractivity contribution in [1.82, 2.24) is 9.88 Å². The van der Waals surface area contributed by atoms with Crippen LogP contribution in [0, 0.1) is 12.7 Å². The summed E-state index contributed by atoms with van der Waals surface area (Å²) in [6.45, 7) is 3.52. The van der Waals surface area contributed by atoms with Crippen LogP contribution in [0.3, 0.4) is 0 Å². The first-order valence-corrected chi connectivity index (χ1v) is 9.01. The van der Waals surface area contributed by atoms with Gasteiger partial charge in [0.15, 0.2) is 9.84 Å². The van der Waals surface area contributed by atoms with E-state index in [-0.39, 0.29) is 9.92 Å². The van der Waals surface area contributed by atoms with Gasteiger partial charge in [-0.25, -0.2) is 12.8 Å². The number of nitrogens with one attached hydrogen (secondary N) is 1. The molecule has 3 rings (SSSR count). The molecule has 5 nitrogen and oxygen atoms in total. The maximum atomic E-state index is 13.7. The third kappa shape index (κ3) is 2.48. The number of fused-ring (bicyclic) bond motifs is 1. The molecule has 1 N–H and O–H groups in total. The Morgan fingerprint density at radius 3 is 2.77 bits per heavy atom. The molecule has 0 saturated heterocycles. The van der Waals surface area contributed by atoms with Crippen molar-refractivity contribution in [3.63, 3.8) is 0 Å². The first kappa shape index (κ1) is 15.3. The molecule has 0 unspecified atom stereocenters. The van der Waals surface area contributed by atoms with Gasteiger partial charge in [-0.05, 0) is 19.1 Å². The molecule has 0 saturated carbocycles. The topological polar surface area (TPSA) is 63.5 Å². The molecule has 2 aromatic rings. The van der Waals surface area contributed by atoms with Gasteiger partial charge in [-0.3, -0.25) is 4.99 Å². The molecule has 0 amide bonds. The number of halogens is 2. The molecule has 1 aromatic heterocycles. The number of benzene rings is 1. The summed E-state index contributed by atoms with van der Waals surface area (Å²) in [5.74, 6) is 0.205. The van der Waals surface area contributed by atoms with Gasteiger partial charge in [0.25, 0.3) is 0 Å². The van der Waals surface area contributed by atoms with Gasteiger partial charge in [0.05, 0.1) is 28.5 Å². The summed E-state index contributed by atoms with van der Waals surface area (Å²) in [5.41, 5.74) is 1.04. The normalized spacial score (nSPS) is 15.2. The van der Waals surface area contributed by atoms with E-state index >= 15 is 0 Å². The third-order valence-corrected chi connectivity index (χ3v) is 5.24. The zero-order chi connectivity index (χ0) is 16.1. The highest BCUT2D eigenvalue weighted by Crippen LogP contribution is 2.35. The van der Waals surface area contributed by atoms with E-state index in [2.05, 4.69) is 10.3 Å². The van der Waals surface area contributed by atoms with Crippen molar-refractivity contribution >= 4 is 38.2 Å². The van der Waals surface area contributed by atoms with Gasteiger partial charge in [-0.1, -0.05) is 11.6 Å². The largest absolute Gasteiger partial charge is 0.370 e. The van der Waals surface area contributed by atoms with Crippen LogP contribution in [0.25, 0.3) is 10.9 Å². The predicted molar refractivity (Wildman–Crippen MR) is 85.1 cm³/mol. The van der Waals surface area contributed by atoms with Crippen LogP contribution in [-0.4, -0.2) is 38.2 Å². The molecule has 0 fully saturated rings. The zero-order valence-electron chi connectivity index (χ0n) is 12.2. The van der Waals surface area contributed by atoms with E-state index in [1.807, 2.05) is 0 Å². The number of aliphatic imine (C=N–C) groups is 1. The fourth-order valence-corrected chi connectivity index (χ4v) is 4.38. The summed E-state index contributed by atoms with van der Waals surface area (Å²) in [7, 11) is -3.51. The van der Waals surface area contributed by atoms with Crippen LogP contribution in [0.5, 0.6) is 0 Å². The number of sulfone groups is 1. The fraction of sp³-hybridized carbons (Fsp3) is 0.357. The molecule has 8 heteroatoms. The average Bonchev–Trinajstić information content (AvgIpc) is 2.96. The van der Waals surface area contributed by atoms with Crippen LogP contribution in [0.4, 0.5) is 4.39 Å². The van der Waals surface area contributed by atoms with Crippen LogP contribution >= 0.6 is 11.6 Å². The van der Waals surface area contributed by atoms with E-state index < -0.39 is 15.7 Å². The summed E-state index contributed by atoms with van der Waals surface area (Å²) >= 11 is 6.17. The minimum absolute atomic E-state index is 0.113. The molecular formula is C14H15ClFN3O2S. The van der Waals surface area contributed by atoms with Gasteiger partial charge < -0.3 is 9.88 Å². The molecule has 0 radical (unpaired) electrons. The number of nitrogens with zero attached hydrogens (tertiary/aromatic N) is 2. The van der Waals surface area contributed by atoms with Crippen molar-refractivity contribution < 1.29 is 12.8 Å². The van der Waals surface area contributed by atoms with E-state index in [1.165, 1.54) is 12.1 Å². The minimum atomic E-state index is -3.51. The second kappa shape index (κ2) is 5.24. The lowest BCUT2D eigenvalue weighted by Crippen LogP contribution is -2.24. The third-order valence-electron chi connectivity index (χ3n) is 3.70. The zero-order valence-corrected chi connectivity index (χ0v) is 13.7. The Labute approximate surface area is 132 Å². The molecule has 0 bridgehead atoms. The molecule has 22 heavy (non-hydrogen) atoms. The van der Waals surface area contributed by atoms with Gasteiger partial charge in [0, 0.05) is 23.9 Å². The molecule has 1 aromatic carbocycles. The Bertz CT molecular complexity index is 903. The quantitative estimate of drug-likeness (QED) is 0.928. The molecule has 118 valence electrons. The average molecular weight is 344 g/mol. The Balaban J connectivity index is 2.34. The first-order chi connectivity index (χ1) is 10.3. The van der Waals surface area contributed by atoms with E-state index in [0.717, 1.165) is 18.6 Å². The number of hydrogen-bond donors (Lipinski definition) is 1. The maximum Gasteiger partial charge on any atom is 0.177 e. The molecule has 0 spiro atoms. The molecule has 1 aliphatic rings. The van der Waals surface area contributed by atoms with Crippen LogP contribution in [0.2, 0.25) is 5.02 Å². The van der Waals surface area contributed by atoms with Gasteiger partial charge in [0.2, 0.25) is 0 Å². The first-order valence-electron chi connectivity index (χ1n) is 6.74. The lowest BCUT2D eigenvalue weighted by molar-refractivity contribution is 0.601. The van der Waals surface area contributed by atoms with Crippen molar-refractivity contribution in [2.24, 2.45) is 4.99 Å². The lowest BCUT2D eigenvalue weighted by Gasteiger charge is -2.10. The maximum absolute atomic E-state index is 13.7. The Morgan fingerprint density at radius 1 is 1.45 bits per heavy atom. The highest BCUT2D eigenvalue weighted by Gasteiger charge is 2.25. The number of hydrogen-bond acceptors (Lipinski definition) is 4. The number of amidine groups is 1. The smallest absolute Gasteiger partial charge is 0.177 e. The van der Waals surface area contributed by atoms with Crippen molar-refractivity contribution in [1.29, 1.82) is 0 Å².